The Morgan fingerprint density at radius 2 is 2.31 bits per heavy atom. The molecule has 0 radical (unpaired) electrons. The highest BCUT2D eigenvalue weighted by atomic mass is 16.5. The Morgan fingerprint density at radius 3 is 3.00 bits per heavy atom. The van der Waals surface area contributed by atoms with Gasteiger partial charge in [0.1, 0.15) is 12.4 Å². The Hall–Kier alpha value is -1.24. The van der Waals surface area contributed by atoms with Gasteiger partial charge in [-0.15, -0.1) is 0 Å². The van der Waals surface area contributed by atoms with Gasteiger partial charge in [-0.05, 0) is 24.1 Å². The molecule has 0 N–H and O–H groups in total. The third kappa shape index (κ3) is 3.32. The molecule has 1 nitrogen and oxygen atoms in total. The maximum atomic E-state index is 5.42. The first-order valence-electron chi connectivity index (χ1n) is 4.69. The molecule has 0 aliphatic heterocycles. The second-order valence-corrected chi connectivity index (χ2v) is 3.00. The molecule has 0 aromatic heterocycles. The highest BCUT2D eigenvalue weighted by Crippen LogP contribution is 2.14. The minimum Gasteiger partial charge on any atom is -0.490 e. The molecule has 13 heavy (non-hydrogen) atoms. The van der Waals surface area contributed by atoms with E-state index in [2.05, 4.69) is 25.6 Å². The van der Waals surface area contributed by atoms with Gasteiger partial charge in [0.05, 0.1) is 0 Å². The van der Waals surface area contributed by atoms with Crippen molar-refractivity contribution >= 4 is 0 Å². The zero-order valence-corrected chi connectivity index (χ0v) is 8.12. The van der Waals surface area contributed by atoms with Crippen molar-refractivity contribution in [2.45, 2.75) is 19.8 Å². The lowest BCUT2D eigenvalue weighted by Crippen LogP contribution is -1.93. The number of rotatable bonds is 5. The van der Waals surface area contributed by atoms with Gasteiger partial charge in [0, 0.05) is 0 Å². The Morgan fingerprint density at radius 1 is 1.46 bits per heavy atom. The van der Waals surface area contributed by atoms with Crippen LogP contribution >= 0.6 is 0 Å². The van der Waals surface area contributed by atoms with Gasteiger partial charge in [0.15, 0.2) is 0 Å². The molecule has 0 fully saturated rings. The van der Waals surface area contributed by atoms with Crippen LogP contribution in [-0.2, 0) is 6.42 Å². The summed E-state index contributed by atoms with van der Waals surface area (Å²) in [4.78, 5) is 0. The maximum absolute atomic E-state index is 5.42. The molecule has 70 valence electrons. The molecular weight excluding hydrogens is 160 g/mol. The Balaban J connectivity index is 2.61. The largest absolute Gasteiger partial charge is 0.490 e. The van der Waals surface area contributed by atoms with E-state index in [0.717, 1.165) is 12.2 Å². The second-order valence-electron chi connectivity index (χ2n) is 3.00. The minimum atomic E-state index is 0.579. The van der Waals surface area contributed by atoms with E-state index in [9.17, 15) is 0 Å². The number of aryl methyl sites for hydroxylation is 1. The predicted molar refractivity (Wildman–Crippen MR) is 56.1 cm³/mol. The van der Waals surface area contributed by atoms with Crippen molar-refractivity contribution in [2.24, 2.45) is 0 Å². The minimum absolute atomic E-state index is 0.579. The van der Waals surface area contributed by atoms with Crippen LogP contribution in [0.2, 0.25) is 0 Å². The molecule has 1 aromatic carbocycles. The second kappa shape index (κ2) is 5.41. The van der Waals surface area contributed by atoms with Crippen molar-refractivity contribution < 1.29 is 4.74 Å². The lowest BCUT2D eigenvalue weighted by atomic mass is 10.1. The summed E-state index contributed by atoms with van der Waals surface area (Å²) < 4.78 is 5.42. The molecule has 0 spiro atoms. The fourth-order valence-corrected chi connectivity index (χ4v) is 1.23. The van der Waals surface area contributed by atoms with Gasteiger partial charge in [-0.3, -0.25) is 0 Å². The highest BCUT2D eigenvalue weighted by molar-refractivity contribution is 5.28. The summed E-state index contributed by atoms with van der Waals surface area (Å²) in [5, 5.41) is 0. The molecule has 0 saturated heterocycles. The van der Waals surface area contributed by atoms with Crippen LogP contribution in [0.25, 0.3) is 0 Å². The summed E-state index contributed by atoms with van der Waals surface area (Å²) in [6.07, 6.45) is 4.04. The fraction of sp³-hybridized carbons (Fsp3) is 0.333. The molecule has 1 heteroatoms. The SMILES string of the molecule is C=CCOc1cccc(CCC)c1. The summed E-state index contributed by atoms with van der Waals surface area (Å²) in [6, 6.07) is 8.23. The Labute approximate surface area is 80.0 Å². The van der Waals surface area contributed by atoms with Crippen LogP contribution in [-0.4, -0.2) is 6.61 Å². The fourth-order valence-electron chi connectivity index (χ4n) is 1.23. The van der Waals surface area contributed by atoms with Crippen molar-refractivity contribution in [3.05, 3.63) is 42.5 Å². The van der Waals surface area contributed by atoms with E-state index in [1.54, 1.807) is 6.08 Å². The molecule has 0 aliphatic carbocycles. The van der Waals surface area contributed by atoms with Gasteiger partial charge in [-0.1, -0.05) is 38.1 Å². The smallest absolute Gasteiger partial charge is 0.120 e. The van der Waals surface area contributed by atoms with Gasteiger partial charge in [-0.2, -0.15) is 0 Å². The van der Waals surface area contributed by atoms with Gasteiger partial charge in [-0.25, -0.2) is 0 Å². The van der Waals surface area contributed by atoms with Crippen molar-refractivity contribution in [3.63, 3.8) is 0 Å². The van der Waals surface area contributed by atoms with E-state index in [-0.39, 0.29) is 0 Å². The number of ether oxygens (including phenoxy) is 1. The molecule has 0 aliphatic rings. The number of benzene rings is 1. The van der Waals surface area contributed by atoms with Crippen molar-refractivity contribution in [3.8, 4) is 5.75 Å². The van der Waals surface area contributed by atoms with E-state index in [1.807, 2.05) is 12.1 Å². The van der Waals surface area contributed by atoms with E-state index < -0.39 is 0 Å². The number of hydrogen-bond acceptors (Lipinski definition) is 1. The average Bonchev–Trinajstić information content (AvgIpc) is 2.16. The first-order valence-corrected chi connectivity index (χ1v) is 4.69. The van der Waals surface area contributed by atoms with Gasteiger partial charge < -0.3 is 4.74 Å². The summed E-state index contributed by atoms with van der Waals surface area (Å²) in [5.41, 5.74) is 1.34. The monoisotopic (exact) mass is 176 g/mol. The third-order valence-corrected chi connectivity index (χ3v) is 1.80. The maximum Gasteiger partial charge on any atom is 0.120 e. The third-order valence-electron chi connectivity index (χ3n) is 1.80. The van der Waals surface area contributed by atoms with Crippen molar-refractivity contribution in [2.75, 3.05) is 6.61 Å². The van der Waals surface area contributed by atoms with Crippen molar-refractivity contribution in [1.29, 1.82) is 0 Å². The lowest BCUT2D eigenvalue weighted by molar-refractivity contribution is 0.363. The molecule has 1 aromatic rings. The van der Waals surface area contributed by atoms with Gasteiger partial charge >= 0.3 is 0 Å². The summed E-state index contributed by atoms with van der Waals surface area (Å²) in [5.74, 6) is 0.936. The van der Waals surface area contributed by atoms with E-state index in [0.29, 0.717) is 6.61 Å². The Bertz CT molecular complexity index is 266. The molecule has 0 bridgehead atoms. The molecule has 0 heterocycles. The molecular formula is C12H16O. The van der Waals surface area contributed by atoms with Gasteiger partial charge in [0.2, 0.25) is 0 Å². The summed E-state index contributed by atoms with van der Waals surface area (Å²) in [6.45, 7) is 6.37. The first-order chi connectivity index (χ1) is 6.36. The van der Waals surface area contributed by atoms with E-state index in [1.165, 1.54) is 12.0 Å². The summed E-state index contributed by atoms with van der Waals surface area (Å²) >= 11 is 0. The van der Waals surface area contributed by atoms with Crippen molar-refractivity contribution in [1.82, 2.24) is 0 Å². The van der Waals surface area contributed by atoms with Crippen LogP contribution in [0.4, 0.5) is 0 Å². The summed E-state index contributed by atoms with van der Waals surface area (Å²) in [7, 11) is 0. The standard InChI is InChI=1S/C12H16O/c1-3-6-11-7-5-8-12(10-11)13-9-4-2/h4-5,7-8,10H,2-3,6,9H2,1H3. The van der Waals surface area contributed by atoms with Crippen LogP contribution in [0.1, 0.15) is 18.9 Å². The zero-order chi connectivity index (χ0) is 9.52. The average molecular weight is 176 g/mol. The molecule has 0 unspecified atom stereocenters. The quantitative estimate of drug-likeness (QED) is 0.626. The van der Waals surface area contributed by atoms with Crippen LogP contribution in [0.3, 0.4) is 0 Å². The normalized spacial score (nSPS) is 9.62. The topological polar surface area (TPSA) is 9.23 Å². The van der Waals surface area contributed by atoms with E-state index >= 15 is 0 Å². The van der Waals surface area contributed by atoms with E-state index in [4.69, 9.17) is 4.74 Å². The predicted octanol–water partition coefficient (Wildman–Crippen LogP) is 3.20. The first kappa shape index (κ1) is 9.85. The lowest BCUT2D eigenvalue weighted by Gasteiger charge is -2.04. The number of hydrogen-bond donors (Lipinski definition) is 0. The zero-order valence-electron chi connectivity index (χ0n) is 8.12. The molecule has 0 amide bonds. The molecule has 1 rings (SSSR count). The van der Waals surface area contributed by atoms with Crippen LogP contribution in [0, 0.1) is 0 Å². The van der Waals surface area contributed by atoms with Crippen LogP contribution < -0.4 is 4.74 Å². The highest BCUT2D eigenvalue weighted by Gasteiger charge is 1.94. The van der Waals surface area contributed by atoms with Gasteiger partial charge in [0.25, 0.3) is 0 Å². The molecule has 0 atom stereocenters. The van der Waals surface area contributed by atoms with Crippen LogP contribution in [0.15, 0.2) is 36.9 Å². The van der Waals surface area contributed by atoms with Crippen LogP contribution in [0.5, 0.6) is 5.75 Å². The molecule has 0 saturated carbocycles. The Kier molecular flexibility index (Phi) is 4.10.